The molecule has 0 N–H and O–H groups in total. The number of ether oxygens (including phenoxy) is 2. The molecule has 0 amide bonds. The smallest absolute Gasteiger partial charge is 0.338 e. The molecule has 0 aliphatic rings. The highest BCUT2D eigenvalue weighted by Crippen LogP contribution is 2.13. The lowest BCUT2D eigenvalue weighted by Gasteiger charge is -2.13. The van der Waals surface area contributed by atoms with Crippen molar-refractivity contribution in [2.75, 3.05) is 13.7 Å². The maximum Gasteiger partial charge on any atom is 0.338 e. The van der Waals surface area contributed by atoms with Crippen molar-refractivity contribution < 1.29 is 14.3 Å². The van der Waals surface area contributed by atoms with Crippen molar-refractivity contribution in [3.05, 3.63) is 58.0 Å². The van der Waals surface area contributed by atoms with Gasteiger partial charge in [-0.15, -0.1) is 0 Å². The third kappa shape index (κ3) is 3.28. The Hall–Kier alpha value is -2.63. The van der Waals surface area contributed by atoms with E-state index in [0.717, 1.165) is 0 Å². The second-order valence-corrected chi connectivity index (χ2v) is 4.23. The van der Waals surface area contributed by atoms with Gasteiger partial charge in [0.1, 0.15) is 0 Å². The van der Waals surface area contributed by atoms with Gasteiger partial charge in [0, 0.05) is 12.3 Å². The zero-order valence-corrected chi connectivity index (χ0v) is 11.9. The maximum atomic E-state index is 12.0. The van der Waals surface area contributed by atoms with Crippen LogP contribution in [0.3, 0.4) is 0 Å². The summed E-state index contributed by atoms with van der Waals surface area (Å²) in [6.45, 7) is 2.40. The second-order valence-electron chi connectivity index (χ2n) is 4.23. The van der Waals surface area contributed by atoms with Gasteiger partial charge >= 0.3 is 5.97 Å². The molecule has 2 aromatic rings. The molecular formula is C15H16N2O4. The molecule has 1 aromatic heterocycles. The van der Waals surface area contributed by atoms with Crippen molar-refractivity contribution in [2.24, 2.45) is 0 Å². The van der Waals surface area contributed by atoms with Crippen molar-refractivity contribution in [3.8, 4) is 6.01 Å². The van der Waals surface area contributed by atoms with E-state index in [2.05, 4.69) is 4.98 Å². The fraction of sp³-hybridized carbons (Fsp3) is 0.267. The molecule has 0 aliphatic carbocycles. The molecule has 0 unspecified atom stereocenters. The maximum absolute atomic E-state index is 12.0. The van der Waals surface area contributed by atoms with Gasteiger partial charge in [0.25, 0.3) is 11.6 Å². The number of carbonyl (C=O) groups is 1. The largest absolute Gasteiger partial charge is 0.465 e. The van der Waals surface area contributed by atoms with E-state index in [1.54, 1.807) is 24.3 Å². The summed E-state index contributed by atoms with van der Waals surface area (Å²) in [5.41, 5.74) is 0.840. The number of nitrogens with zero attached hydrogens (tertiary/aromatic N) is 2. The van der Waals surface area contributed by atoms with E-state index < -0.39 is 5.97 Å². The molecular weight excluding hydrogens is 272 g/mol. The number of esters is 1. The fourth-order valence-corrected chi connectivity index (χ4v) is 1.95. The zero-order chi connectivity index (χ0) is 15.2. The van der Waals surface area contributed by atoms with E-state index in [9.17, 15) is 9.59 Å². The third-order valence-corrected chi connectivity index (χ3v) is 2.92. The molecule has 2 rings (SSSR count). The Labute approximate surface area is 122 Å². The van der Waals surface area contributed by atoms with Gasteiger partial charge in [0.15, 0.2) is 0 Å². The van der Waals surface area contributed by atoms with Crippen molar-refractivity contribution in [1.29, 1.82) is 0 Å². The Balaban J connectivity index is 2.44. The SMILES string of the molecule is CCOc1nccc(=O)n1Cc1ccccc1C(=O)OC. The number of methoxy groups -OCH3 is 1. The molecule has 1 heterocycles. The first-order chi connectivity index (χ1) is 10.2. The number of benzene rings is 1. The van der Waals surface area contributed by atoms with Crippen LogP contribution in [-0.4, -0.2) is 29.2 Å². The van der Waals surface area contributed by atoms with Crippen LogP contribution in [-0.2, 0) is 11.3 Å². The fourth-order valence-electron chi connectivity index (χ4n) is 1.95. The van der Waals surface area contributed by atoms with E-state index in [4.69, 9.17) is 9.47 Å². The van der Waals surface area contributed by atoms with E-state index in [1.165, 1.54) is 23.9 Å². The average Bonchev–Trinajstić information content (AvgIpc) is 2.50. The van der Waals surface area contributed by atoms with Crippen LogP contribution in [0.4, 0.5) is 0 Å². The van der Waals surface area contributed by atoms with Gasteiger partial charge in [-0.3, -0.25) is 9.36 Å². The first-order valence-electron chi connectivity index (χ1n) is 6.52. The summed E-state index contributed by atoms with van der Waals surface area (Å²) in [6, 6.07) is 8.53. The Bertz CT molecular complexity index is 694. The minimum Gasteiger partial charge on any atom is -0.465 e. The van der Waals surface area contributed by atoms with Gasteiger partial charge in [0.05, 0.1) is 25.8 Å². The highest BCUT2D eigenvalue weighted by Gasteiger charge is 2.14. The lowest BCUT2D eigenvalue weighted by Crippen LogP contribution is -2.23. The molecule has 21 heavy (non-hydrogen) atoms. The molecule has 0 saturated heterocycles. The number of aromatic nitrogens is 2. The summed E-state index contributed by atoms with van der Waals surface area (Å²) in [5.74, 6) is -0.444. The molecule has 0 atom stereocenters. The van der Waals surface area contributed by atoms with Crippen LogP contribution >= 0.6 is 0 Å². The topological polar surface area (TPSA) is 70.4 Å². The Morgan fingerprint density at radius 2 is 2.05 bits per heavy atom. The van der Waals surface area contributed by atoms with Crippen LogP contribution in [0.15, 0.2) is 41.3 Å². The van der Waals surface area contributed by atoms with Crippen molar-refractivity contribution >= 4 is 5.97 Å². The molecule has 6 heteroatoms. The van der Waals surface area contributed by atoms with Gasteiger partial charge in [0.2, 0.25) is 0 Å². The van der Waals surface area contributed by atoms with E-state index >= 15 is 0 Å². The summed E-state index contributed by atoms with van der Waals surface area (Å²) in [5, 5.41) is 0. The summed E-state index contributed by atoms with van der Waals surface area (Å²) in [7, 11) is 1.32. The average molecular weight is 288 g/mol. The molecule has 110 valence electrons. The van der Waals surface area contributed by atoms with Crippen molar-refractivity contribution in [1.82, 2.24) is 9.55 Å². The summed E-state index contributed by atoms with van der Waals surface area (Å²) < 4.78 is 11.5. The monoisotopic (exact) mass is 288 g/mol. The quantitative estimate of drug-likeness (QED) is 0.779. The Morgan fingerprint density at radius 1 is 1.29 bits per heavy atom. The highest BCUT2D eigenvalue weighted by molar-refractivity contribution is 5.90. The molecule has 0 saturated carbocycles. The van der Waals surface area contributed by atoms with Gasteiger partial charge < -0.3 is 9.47 Å². The van der Waals surface area contributed by atoms with E-state index in [-0.39, 0.29) is 18.1 Å². The molecule has 0 bridgehead atoms. The predicted molar refractivity (Wildman–Crippen MR) is 76.5 cm³/mol. The lowest BCUT2D eigenvalue weighted by atomic mass is 10.1. The van der Waals surface area contributed by atoms with Crippen molar-refractivity contribution in [2.45, 2.75) is 13.5 Å². The van der Waals surface area contributed by atoms with Gasteiger partial charge in [-0.25, -0.2) is 9.78 Å². The van der Waals surface area contributed by atoms with Crippen LogP contribution < -0.4 is 10.3 Å². The van der Waals surface area contributed by atoms with Crippen LogP contribution in [0.1, 0.15) is 22.8 Å². The molecule has 1 aromatic carbocycles. The van der Waals surface area contributed by atoms with E-state index in [1.807, 2.05) is 6.92 Å². The number of hydrogen-bond acceptors (Lipinski definition) is 5. The minimum absolute atomic E-state index is 0.188. The highest BCUT2D eigenvalue weighted by atomic mass is 16.5. The summed E-state index contributed by atoms with van der Waals surface area (Å²) in [6.07, 6.45) is 1.40. The Morgan fingerprint density at radius 3 is 2.76 bits per heavy atom. The first kappa shape index (κ1) is 14.8. The third-order valence-electron chi connectivity index (χ3n) is 2.92. The number of hydrogen-bond donors (Lipinski definition) is 0. The van der Waals surface area contributed by atoms with Crippen molar-refractivity contribution in [3.63, 3.8) is 0 Å². The molecule has 0 radical (unpaired) electrons. The van der Waals surface area contributed by atoms with Crippen LogP contribution in [0.5, 0.6) is 6.01 Å². The molecule has 6 nitrogen and oxygen atoms in total. The van der Waals surface area contributed by atoms with Gasteiger partial charge in [-0.1, -0.05) is 18.2 Å². The molecule has 0 aliphatic heterocycles. The van der Waals surface area contributed by atoms with Gasteiger partial charge in [-0.05, 0) is 18.6 Å². The normalized spacial score (nSPS) is 10.2. The number of rotatable bonds is 5. The molecule has 0 fully saturated rings. The van der Waals surface area contributed by atoms with Crippen LogP contribution in [0.2, 0.25) is 0 Å². The first-order valence-corrected chi connectivity index (χ1v) is 6.52. The zero-order valence-electron chi connectivity index (χ0n) is 11.9. The lowest BCUT2D eigenvalue weighted by molar-refractivity contribution is 0.0599. The summed E-state index contributed by atoms with van der Waals surface area (Å²) in [4.78, 5) is 27.8. The minimum atomic E-state index is -0.444. The van der Waals surface area contributed by atoms with Gasteiger partial charge in [-0.2, -0.15) is 0 Å². The molecule has 0 spiro atoms. The number of carbonyl (C=O) groups excluding carboxylic acids is 1. The van der Waals surface area contributed by atoms with Crippen LogP contribution in [0.25, 0.3) is 0 Å². The standard InChI is InChI=1S/C15H16N2O4/c1-3-21-15-16-9-8-13(18)17(15)10-11-6-4-5-7-12(11)14(19)20-2/h4-9H,3,10H2,1-2H3. The second kappa shape index (κ2) is 6.69. The predicted octanol–water partition coefficient (Wildman–Crippen LogP) is 1.48. The Kier molecular flexibility index (Phi) is 4.71. The summed E-state index contributed by atoms with van der Waals surface area (Å²) >= 11 is 0. The van der Waals surface area contributed by atoms with E-state index in [0.29, 0.717) is 17.7 Å². The van der Waals surface area contributed by atoms with Crippen LogP contribution in [0, 0.1) is 0 Å².